The molecule has 0 aliphatic rings. The molecule has 2 nitrogen and oxygen atoms in total. The number of quaternary nitrogens is 1. The Kier molecular flexibility index (Phi) is 5.33. The molecule has 2 heteroatoms. The molecule has 0 aliphatic carbocycles. The zero-order valence-electron chi connectivity index (χ0n) is 4.78. The maximum Gasteiger partial charge on any atom is 0.0805 e. The van der Waals surface area contributed by atoms with E-state index < -0.39 is 0 Å². The molecule has 0 radical (unpaired) electrons. The molecule has 7 heavy (non-hydrogen) atoms. The van der Waals surface area contributed by atoms with E-state index in [1.165, 1.54) is 6.21 Å². The van der Waals surface area contributed by atoms with E-state index in [1.807, 2.05) is 0 Å². The van der Waals surface area contributed by atoms with Gasteiger partial charge in [-0.15, -0.1) is 0 Å². The molecule has 0 fully saturated rings. The van der Waals surface area contributed by atoms with E-state index in [0.29, 0.717) is 0 Å². The topological polar surface area (TPSA) is 40.5 Å². The molecule has 0 atom stereocenters. The van der Waals surface area contributed by atoms with Gasteiger partial charge < -0.3 is 10.7 Å². The fourth-order valence-corrected chi connectivity index (χ4v) is 0.405. The van der Waals surface area contributed by atoms with E-state index >= 15 is 0 Å². The van der Waals surface area contributed by atoms with Crippen molar-refractivity contribution in [1.82, 2.24) is 0 Å². The Morgan fingerprint density at radius 3 is 2.86 bits per heavy atom. The first-order valence-electron chi connectivity index (χ1n) is 2.72. The van der Waals surface area contributed by atoms with Crippen LogP contribution in [0.2, 0.25) is 0 Å². The Morgan fingerprint density at radius 2 is 2.43 bits per heavy atom. The fourth-order valence-electron chi connectivity index (χ4n) is 0.405. The molecule has 0 aromatic rings. The maximum absolute atomic E-state index is 6.64. The van der Waals surface area contributed by atoms with Gasteiger partial charge in [0.05, 0.1) is 13.1 Å². The molecule has 0 saturated heterocycles. The quantitative estimate of drug-likeness (QED) is 0.358. The molecular weight excluding hydrogens is 88.1 g/mol. The van der Waals surface area contributed by atoms with Crippen LogP contribution in [0.3, 0.4) is 0 Å². The van der Waals surface area contributed by atoms with Crippen molar-refractivity contribution >= 4 is 6.21 Å². The van der Waals surface area contributed by atoms with Gasteiger partial charge in [0.25, 0.3) is 0 Å². The van der Waals surface area contributed by atoms with Crippen LogP contribution in [-0.4, -0.2) is 19.3 Å². The van der Waals surface area contributed by atoms with Gasteiger partial charge in [-0.1, -0.05) is 0 Å². The number of hydrogen-bond donors (Lipinski definition) is 2. The Morgan fingerprint density at radius 1 is 1.71 bits per heavy atom. The molecule has 0 bridgehead atoms. The van der Waals surface area contributed by atoms with Gasteiger partial charge in [0.2, 0.25) is 0 Å². The van der Waals surface area contributed by atoms with Crippen LogP contribution < -0.4 is 5.32 Å². The molecule has 3 N–H and O–H groups in total. The van der Waals surface area contributed by atoms with Gasteiger partial charge in [-0.25, -0.2) is 0 Å². The van der Waals surface area contributed by atoms with Crippen molar-refractivity contribution in [3.05, 3.63) is 0 Å². The monoisotopic (exact) mass is 101 g/mol. The lowest BCUT2D eigenvalue weighted by atomic mass is 10.4. The van der Waals surface area contributed by atoms with E-state index in [-0.39, 0.29) is 0 Å². The SMILES string of the molecule is CC[NH2+]CCC=N. The van der Waals surface area contributed by atoms with Gasteiger partial charge in [0.1, 0.15) is 0 Å². The summed E-state index contributed by atoms with van der Waals surface area (Å²) in [5.74, 6) is 0. The van der Waals surface area contributed by atoms with Crippen LogP contribution in [0.15, 0.2) is 0 Å². The minimum absolute atomic E-state index is 0.911. The van der Waals surface area contributed by atoms with Crippen LogP contribution in [0.5, 0.6) is 0 Å². The van der Waals surface area contributed by atoms with E-state index in [1.54, 1.807) is 0 Å². The average Bonchev–Trinajstić information content (AvgIpc) is 1.69. The van der Waals surface area contributed by atoms with Crippen LogP contribution >= 0.6 is 0 Å². The highest BCUT2D eigenvalue weighted by Crippen LogP contribution is 1.55. The van der Waals surface area contributed by atoms with Crippen LogP contribution in [-0.2, 0) is 0 Å². The Labute approximate surface area is 44.4 Å². The lowest BCUT2D eigenvalue weighted by molar-refractivity contribution is -0.650. The lowest BCUT2D eigenvalue weighted by Gasteiger charge is -1.89. The van der Waals surface area contributed by atoms with E-state index in [4.69, 9.17) is 5.41 Å². The van der Waals surface area contributed by atoms with Crippen molar-refractivity contribution in [2.45, 2.75) is 13.3 Å². The highest BCUT2D eigenvalue weighted by molar-refractivity contribution is 5.52. The molecule has 0 saturated carbocycles. The van der Waals surface area contributed by atoms with Gasteiger partial charge in [-0.3, -0.25) is 0 Å². The molecule has 0 aromatic carbocycles. The smallest absolute Gasteiger partial charge is 0.0805 e. The third kappa shape index (κ3) is 5.63. The summed E-state index contributed by atoms with van der Waals surface area (Å²) < 4.78 is 0. The molecule has 0 aromatic heterocycles. The molecule has 42 valence electrons. The standard InChI is InChI=1S/C5H12N2/c1-2-7-5-3-4-6/h4,6-7H,2-3,5H2,1H3/p+1. The second kappa shape index (κ2) is 5.63. The van der Waals surface area contributed by atoms with E-state index in [2.05, 4.69) is 12.2 Å². The normalized spacial score (nSPS) is 8.71. The summed E-state index contributed by atoms with van der Waals surface area (Å²) in [4.78, 5) is 0. The van der Waals surface area contributed by atoms with Crippen molar-refractivity contribution in [1.29, 1.82) is 5.41 Å². The third-order valence-corrected chi connectivity index (χ3v) is 0.804. The van der Waals surface area contributed by atoms with Crippen molar-refractivity contribution in [2.24, 2.45) is 0 Å². The second-order valence-electron chi connectivity index (χ2n) is 1.48. The predicted octanol–water partition coefficient (Wildman–Crippen LogP) is -0.391. The van der Waals surface area contributed by atoms with Crippen LogP contribution in [0, 0.1) is 5.41 Å². The van der Waals surface area contributed by atoms with Crippen molar-refractivity contribution < 1.29 is 5.32 Å². The highest BCUT2D eigenvalue weighted by Gasteiger charge is 1.78. The van der Waals surface area contributed by atoms with Gasteiger partial charge >= 0.3 is 0 Å². The van der Waals surface area contributed by atoms with Crippen LogP contribution in [0.1, 0.15) is 13.3 Å². The van der Waals surface area contributed by atoms with Gasteiger partial charge in [0.15, 0.2) is 0 Å². The molecule has 0 rings (SSSR count). The lowest BCUT2D eigenvalue weighted by Crippen LogP contribution is -2.83. The minimum Gasteiger partial charge on any atom is -0.346 e. The Bertz CT molecular complexity index is 43.3. The summed E-state index contributed by atoms with van der Waals surface area (Å²) in [5.41, 5.74) is 0. The summed E-state index contributed by atoms with van der Waals surface area (Å²) >= 11 is 0. The summed E-state index contributed by atoms with van der Waals surface area (Å²) in [6, 6.07) is 0. The zero-order valence-corrected chi connectivity index (χ0v) is 4.78. The molecular formula is C5H13N2+. The highest BCUT2D eigenvalue weighted by atomic mass is 14.8. The first-order valence-corrected chi connectivity index (χ1v) is 2.72. The molecule has 0 amide bonds. The molecule has 0 spiro atoms. The molecule has 0 aliphatic heterocycles. The minimum atomic E-state index is 0.911. The number of hydrogen-bond acceptors (Lipinski definition) is 1. The molecule has 0 unspecified atom stereocenters. The first-order chi connectivity index (χ1) is 3.41. The molecule has 0 heterocycles. The summed E-state index contributed by atoms with van der Waals surface area (Å²) in [6.45, 7) is 4.32. The van der Waals surface area contributed by atoms with Gasteiger partial charge in [-0.2, -0.15) is 0 Å². The van der Waals surface area contributed by atoms with E-state index in [0.717, 1.165) is 19.5 Å². The van der Waals surface area contributed by atoms with Gasteiger partial charge in [-0.05, 0) is 6.92 Å². The van der Waals surface area contributed by atoms with Crippen molar-refractivity contribution in [3.8, 4) is 0 Å². The largest absolute Gasteiger partial charge is 0.346 e. The number of rotatable bonds is 4. The summed E-state index contributed by atoms with van der Waals surface area (Å²) in [7, 11) is 0. The Hall–Kier alpha value is -0.370. The average molecular weight is 101 g/mol. The summed E-state index contributed by atoms with van der Waals surface area (Å²) in [5, 5.41) is 8.82. The van der Waals surface area contributed by atoms with Crippen LogP contribution in [0.25, 0.3) is 0 Å². The Balaban J connectivity index is 2.56. The number of nitrogens with one attached hydrogen (secondary N) is 1. The zero-order chi connectivity index (χ0) is 5.54. The van der Waals surface area contributed by atoms with Crippen LogP contribution in [0.4, 0.5) is 0 Å². The number of nitrogens with two attached hydrogens (primary N) is 1. The van der Waals surface area contributed by atoms with E-state index in [9.17, 15) is 0 Å². The third-order valence-electron chi connectivity index (χ3n) is 0.804. The summed E-state index contributed by atoms with van der Waals surface area (Å²) in [6.07, 6.45) is 2.36. The predicted molar refractivity (Wildman–Crippen MR) is 30.7 cm³/mol. The maximum atomic E-state index is 6.64. The van der Waals surface area contributed by atoms with Crippen molar-refractivity contribution in [3.63, 3.8) is 0 Å². The first kappa shape index (κ1) is 6.63. The fraction of sp³-hybridized carbons (Fsp3) is 0.800. The van der Waals surface area contributed by atoms with Crippen molar-refractivity contribution in [2.75, 3.05) is 13.1 Å². The second-order valence-corrected chi connectivity index (χ2v) is 1.48. The van der Waals surface area contributed by atoms with Gasteiger partial charge in [0, 0.05) is 12.6 Å².